The molecule has 4 atom stereocenters. The zero-order chi connectivity index (χ0) is 21.8. The molecule has 0 saturated carbocycles. The number of nitrogens with zero attached hydrogens (tertiary/aromatic N) is 1. The number of halogens is 1. The number of aromatic nitrogens is 2. The first-order valence-corrected chi connectivity index (χ1v) is 10.0. The molecule has 1 aliphatic heterocycles. The third kappa shape index (κ3) is 4.59. The lowest BCUT2D eigenvalue weighted by Gasteiger charge is -2.40. The summed E-state index contributed by atoms with van der Waals surface area (Å²) in [6, 6.07) is 0.786. The minimum Gasteiger partial charge on any atom is -0.389 e. The van der Waals surface area contributed by atoms with E-state index in [1.54, 1.807) is 4.98 Å². The molecule has 2 heterocycles. The molecule has 0 aliphatic carbocycles. The van der Waals surface area contributed by atoms with Crippen molar-refractivity contribution in [1.82, 2.24) is 9.55 Å². The lowest BCUT2D eigenvalue weighted by molar-refractivity contribution is -0.218. The third-order valence-electron chi connectivity index (χ3n) is 3.52. The summed E-state index contributed by atoms with van der Waals surface area (Å²) in [6.07, 6.45) is -2.56. The molecule has 0 aromatic carbocycles. The van der Waals surface area contributed by atoms with Crippen LogP contribution in [0.15, 0.2) is 21.9 Å². The Morgan fingerprint density at radius 2 is 1.93 bits per heavy atom. The van der Waals surface area contributed by atoms with Gasteiger partial charge in [-0.3, -0.25) is 18.9 Å². The van der Waals surface area contributed by atoms with Crippen LogP contribution in [0.25, 0.3) is 0 Å². The van der Waals surface area contributed by atoms with Crippen LogP contribution < -0.4 is 11.2 Å². The van der Waals surface area contributed by atoms with Crippen molar-refractivity contribution in [3.05, 3.63) is 33.1 Å². The Bertz CT molecular complexity index is 981. The highest BCUT2D eigenvalue weighted by atomic mass is 31.3. The fourth-order valence-corrected chi connectivity index (χ4v) is 4.04. The summed E-state index contributed by atoms with van der Waals surface area (Å²) in [5.74, 6) is -3.59. The number of hydrogen-bond acceptors (Lipinski definition) is 8. The van der Waals surface area contributed by atoms with E-state index in [4.69, 9.17) is 38.1 Å². The molecule has 1 unspecified atom stereocenters. The molecule has 0 bridgehead atoms. The van der Waals surface area contributed by atoms with Crippen molar-refractivity contribution in [2.45, 2.75) is 29.4 Å². The average molecular weight is 436 g/mol. The summed E-state index contributed by atoms with van der Waals surface area (Å²) in [4.78, 5) is 51.1. The molecule has 1 aromatic heterocycles. The fourth-order valence-electron chi connectivity index (χ4n) is 2.32. The minimum absolute atomic E-state index is 0.376. The van der Waals surface area contributed by atoms with Gasteiger partial charge in [0.1, 0.15) is 29.2 Å². The predicted molar refractivity (Wildman–Crippen MR) is 88.9 cm³/mol. The van der Waals surface area contributed by atoms with Gasteiger partial charge in [-0.2, -0.15) is 4.31 Å². The SMILES string of the molecule is [B]C([B])(OP(=O)(O)OP(=O)(O)O)[C@]1(F)C[C@@H](O)[C@]([B])(n2ccc(=O)[nH]c2=O)O1. The number of nitrogens with one attached hydrogen (secondary N) is 1. The molecule has 0 spiro atoms. The molecule has 28 heavy (non-hydrogen) atoms. The van der Waals surface area contributed by atoms with E-state index in [-0.39, 0.29) is 0 Å². The first-order chi connectivity index (χ1) is 12.4. The Kier molecular flexibility index (Phi) is 5.85. The van der Waals surface area contributed by atoms with Crippen molar-refractivity contribution in [1.29, 1.82) is 0 Å². The smallest absolute Gasteiger partial charge is 0.389 e. The predicted octanol–water partition coefficient (Wildman–Crippen LogP) is -3.02. The Hall–Kier alpha value is -1.02. The summed E-state index contributed by atoms with van der Waals surface area (Å²) in [5, 5.41) is 6.61. The third-order valence-corrected chi connectivity index (χ3v) is 5.73. The Balaban J connectivity index is 2.38. The van der Waals surface area contributed by atoms with Crippen molar-refractivity contribution in [2.75, 3.05) is 0 Å². The van der Waals surface area contributed by atoms with Crippen LogP contribution in [0.2, 0.25) is 0 Å². The van der Waals surface area contributed by atoms with Gasteiger partial charge >= 0.3 is 21.3 Å². The van der Waals surface area contributed by atoms with Crippen molar-refractivity contribution < 1.29 is 46.9 Å². The second kappa shape index (κ2) is 7.04. The number of aliphatic hydroxyl groups excluding tert-OH is 1. The summed E-state index contributed by atoms with van der Waals surface area (Å²) < 4.78 is 50.1. The van der Waals surface area contributed by atoms with Gasteiger partial charge in [0.25, 0.3) is 5.56 Å². The molecular weight excluding hydrogens is 425 g/mol. The number of phosphoric acid groups is 2. The summed E-state index contributed by atoms with van der Waals surface area (Å²) in [5.41, 5.74) is -4.79. The van der Waals surface area contributed by atoms with Crippen LogP contribution >= 0.6 is 15.6 Å². The number of aliphatic hydroxyl groups is 1. The highest BCUT2D eigenvalue weighted by molar-refractivity contribution is 7.60. The van der Waals surface area contributed by atoms with Crippen molar-refractivity contribution >= 4 is 39.2 Å². The molecule has 1 saturated heterocycles. The molecule has 1 aliphatic rings. The van der Waals surface area contributed by atoms with Gasteiger partial charge in [0.2, 0.25) is 5.85 Å². The Morgan fingerprint density at radius 3 is 2.43 bits per heavy atom. The minimum atomic E-state index is -5.75. The van der Waals surface area contributed by atoms with Gasteiger partial charge < -0.3 is 24.5 Å². The average Bonchev–Trinajstić information content (AvgIpc) is 2.66. The van der Waals surface area contributed by atoms with Gasteiger partial charge in [-0.1, -0.05) is 0 Å². The Morgan fingerprint density at radius 1 is 1.36 bits per heavy atom. The van der Waals surface area contributed by atoms with Crippen molar-refractivity contribution in [3.63, 3.8) is 0 Å². The van der Waals surface area contributed by atoms with Crippen LogP contribution in [-0.4, -0.2) is 70.2 Å². The highest BCUT2D eigenvalue weighted by Crippen LogP contribution is 2.61. The number of hydrogen-bond donors (Lipinski definition) is 5. The lowest BCUT2D eigenvalue weighted by Crippen LogP contribution is -2.56. The quantitative estimate of drug-likeness (QED) is 0.225. The molecule has 19 heteroatoms. The van der Waals surface area contributed by atoms with E-state index < -0.39 is 56.3 Å². The molecule has 5 N–H and O–H groups in total. The molecule has 1 aromatic rings. The summed E-state index contributed by atoms with van der Waals surface area (Å²) in [7, 11) is 4.87. The molecule has 148 valence electrons. The normalized spacial score (nSPS) is 30.8. The van der Waals surface area contributed by atoms with E-state index in [1.807, 2.05) is 0 Å². The van der Waals surface area contributed by atoms with Gasteiger partial charge in [0.05, 0.1) is 11.5 Å². The van der Waals surface area contributed by atoms with Crippen LogP contribution in [0.1, 0.15) is 6.42 Å². The van der Waals surface area contributed by atoms with Gasteiger partial charge in [0, 0.05) is 18.7 Å². The maximum Gasteiger partial charge on any atom is 0.480 e. The van der Waals surface area contributed by atoms with E-state index in [0.29, 0.717) is 4.57 Å². The second-order valence-electron chi connectivity index (χ2n) is 5.71. The number of H-pyrrole nitrogens is 1. The van der Waals surface area contributed by atoms with E-state index in [1.165, 1.54) is 0 Å². The molecule has 13 nitrogen and oxygen atoms in total. The number of ether oxygens (including phenoxy) is 1. The zero-order valence-corrected chi connectivity index (χ0v) is 15.3. The van der Waals surface area contributed by atoms with Gasteiger partial charge in [-0.05, 0) is 0 Å². The summed E-state index contributed by atoms with van der Waals surface area (Å²) >= 11 is 0. The number of aromatic amines is 1. The van der Waals surface area contributed by atoms with Crippen LogP contribution in [0, 0.1) is 0 Å². The van der Waals surface area contributed by atoms with E-state index >= 15 is 4.39 Å². The van der Waals surface area contributed by atoms with Gasteiger partial charge in [0.15, 0.2) is 0 Å². The van der Waals surface area contributed by atoms with Crippen molar-refractivity contribution in [2.24, 2.45) is 0 Å². The van der Waals surface area contributed by atoms with Gasteiger partial charge in [-0.25, -0.2) is 18.3 Å². The van der Waals surface area contributed by atoms with Crippen LogP contribution in [0.5, 0.6) is 0 Å². The van der Waals surface area contributed by atoms with E-state index in [2.05, 4.69) is 8.83 Å². The molecule has 1 fully saturated rings. The number of phosphoric ester groups is 1. The standard InChI is InChI=1S/C9H10B3FN2O11P2/c10-8(15-2-1-5(17)14-6(15)18)4(16)3-7(13,24-8)9(11,12)25-28(22,23)26-27(19,20)21/h1-2,4,16H,3H2,(H,22,23)(H,14,17,18)(H2,19,20,21)/t4-,7+,8+/m1/s1. The zero-order valence-electron chi connectivity index (χ0n) is 13.5. The van der Waals surface area contributed by atoms with Crippen molar-refractivity contribution in [3.8, 4) is 0 Å². The van der Waals surface area contributed by atoms with E-state index in [9.17, 15) is 28.7 Å². The largest absolute Gasteiger partial charge is 0.480 e. The van der Waals surface area contributed by atoms with Gasteiger partial charge in [-0.15, -0.1) is 0 Å². The van der Waals surface area contributed by atoms with Crippen LogP contribution in [0.3, 0.4) is 0 Å². The maximum absolute atomic E-state index is 15.2. The molecule has 2 rings (SSSR count). The number of alkyl halides is 1. The second-order valence-corrected chi connectivity index (χ2v) is 8.46. The Labute approximate surface area is 158 Å². The maximum atomic E-state index is 15.2. The van der Waals surface area contributed by atoms with Crippen LogP contribution in [0.4, 0.5) is 4.39 Å². The molecular formula is C9H10B3FN2O11P2. The first kappa shape index (κ1) is 23.3. The molecule has 6 radical (unpaired) electrons. The number of rotatable bonds is 6. The van der Waals surface area contributed by atoms with E-state index in [0.717, 1.165) is 12.3 Å². The molecule has 0 amide bonds. The van der Waals surface area contributed by atoms with Crippen LogP contribution in [-0.2, 0) is 28.3 Å². The topological polar surface area (TPSA) is 198 Å². The fraction of sp³-hybridized carbons (Fsp3) is 0.556. The monoisotopic (exact) mass is 436 g/mol. The lowest BCUT2D eigenvalue weighted by atomic mass is 9.60. The first-order valence-electron chi connectivity index (χ1n) is 6.97. The highest BCUT2D eigenvalue weighted by Gasteiger charge is 2.62. The summed E-state index contributed by atoms with van der Waals surface area (Å²) in [6.45, 7) is 0.